The topological polar surface area (TPSA) is 72.6 Å². The van der Waals surface area contributed by atoms with Gasteiger partial charge in [0.2, 0.25) is 10.0 Å². The lowest BCUT2D eigenvalue weighted by atomic mass is 10.2. The first kappa shape index (κ1) is 13.3. The Kier molecular flexibility index (Phi) is 3.89. The van der Waals surface area contributed by atoms with Crippen molar-refractivity contribution < 1.29 is 13.2 Å². The van der Waals surface area contributed by atoms with Gasteiger partial charge >= 0.3 is 0 Å². The van der Waals surface area contributed by atoms with Crippen LogP contribution in [0.2, 0.25) is 0 Å². The maximum Gasteiger partial charge on any atom is 0.243 e. The molecule has 1 aliphatic heterocycles. The summed E-state index contributed by atoms with van der Waals surface area (Å²) >= 11 is 0. The van der Waals surface area contributed by atoms with Crippen molar-refractivity contribution in [3.63, 3.8) is 0 Å². The lowest BCUT2D eigenvalue weighted by Gasteiger charge is -2.31. The summed E-state index contributed by atoms with van der Waals surface area (Å²) in [6, 6.07) is 6.29. The van der Waals surface area contributed by atoms with Crippen molar-refractivity contribution in [2.24, 2.45) is 0 Å². The summed E-state index contributed by atoms with van der Waals surface area (Å²) in [6.45, 7) is 3.27. The zero-order chi connectivity index (χ0) is 13.2. The predicted octanol–water partition coefficient (Wildman–Crippen LogP) is 1.07. The normalized spacial score (nSPS) is 21.9. The van der Waals surface area contributed by atoms with Crippen LogP contribution in [-0.4, -0.2) is 38.5 Å². The third-order valence-electron chi connectivity index (χ3n) is 3.07. The number of nitrogens with zero attached hydrogens (tertiary/aromatic N) is 1. The lowest BCUT2D eigenvalue weighted by molar-refractivity contribution is -0.00277. The van der Waals surface area contributed by atoms with E-state index in [1.54, 1.807) is 24.3 Å². The minimum Gasteiger partial charge on any atom is -0.399 e. The molecule has 1 heterocycles. The van der Waals surface area contributed by atoms with Crippen LogP contribution in [0, 0.1) is 0 Å². The Morgan fingerprint density at radius 1 is 1.39 bits per heavy atom. The molecule has 0 amide bonds. The van der Waals surface area contributed by atoms with Crippen LogP contribution in [0.25, 0.3) is 0 Å². The molecule has 5 nitrogen and oxygen atoms in total. The van der Waals surface area contributed by atoms with Crippen molar-refractivity contribution in [1.82, 2.24) is 4.31 Å². The van der Waals surface area contributed by atoms with Crippen molar-refractivity contribution in [3.05, 3.63) is 24.3 Å². The smallest absolute Gasteiger partial charge is 0.243 e. The van der Waals surface area contributed by atoms with E-state index in [0.29, 0.717) is 25.4 Å². The second-order valence-electron chi connectivity index (χ2n) is 4.33. The Morgan fingerprint density at radius 2 is 2.06 bits per heavy atom. The highest BCUT2D eigenvalue weighted by atomic mass is 32.2. The molecule has 0 spiro atoms. The monoisotopic (exact) mass is 270 g/mol. The fraction of sp³-hybridized carbons (Fsp3) is 0.500. The number of hydrogen-bond acceptors (Lipinski definition) is 4. The third-order valence-corrected chi connectivity index (χ3v) is 4.95. The third kappa shape index (κ3) is 2.66. The van der Waals surface area contributed by atoms with E-state index in [1.165, 1.54) is 4.31 Å². The molecule has 0 bridgehead atoms. The van der Waals surface area contributed by atoms with Gasteiger partial charge in [0.25, 0.3) is 0 Å². The Balaban J connectivity index is 2.22. The number of ether oxygens (including phenoxy) is 1. The summed E-state index contributed by atoms with van der Waals surface area (Å²) in [4.78, 5) is 0.286. The van der Waals surface area contributed by atoms with Gasteiger partial charge in [-0.05, 0) is 30.7 Å². The molecule has 1 aliphatic rings. The summed E-state index contributed by atoms with van der Waals surface area (Å²) in [6.07, 6.45) is 0.801. The molecule has 1 saturated heterocycles. The van der Waals surface area contributed by atoms with Gasteiger partial charge in [-0.2, -0.15) is 4.31 Å². The van der Waals surface area contributed by atoms with E-state index >= 15 is 0 Å². The van der Waals surface area contributed by atoms with E-state index in [0.717, 1.165) is 6.42 Å². The van der Waals surface area contributed by atoms with E-state index < -0.39 is 10.0 Å². The maximum atomic E-state index is 12.4. The van der Waals surface area contributed by atoms with Crippen molar-refractivity contribution in [3.8, 4) is 0 Å². The number of morpholine rings is 1. The Bertz CT molecular complexity index is 499. The fourth-order valence-electron chi connectivity index (χ4n) is 1.95. The van der Waals surface area contributed by atoms with Crippen LogP contribution in [0.3, 0.4) is 0 Å². The van der Waals surface area contributed by atoms with E-state index in [-0.39, 0.29) is 11.0 Å². The van der Waals surface area contributed by atoms with Crippen LogP contribution in [0.4, 0.5) is 5.69 Å². The average molecular weight is 270 g/mol. The quantitative estimate of drug-likeness (QED) is 0.834. The molecule has 2 rings (SSSR count). The van der Waals surface area contributed by atoms with Gasteiger partial charge in [0.05, 0.1) is 17.6 Å². The van der Waals surface area contributed by atoms with Gasteiger partial charge in [-0.25, -0.2) is 8.42 Å². The van der Waals surface area contributed by atoms with E-state index in [9.17, 15) is 8.42 Å². The molecule has 100 valence electrons. The van der Waals surface area contributed by atoms with Gasteiger partial charge in [-0.3, -0.25) is 0 Å². The standard InChI is InChI=1S/C12H18N2O3S/c1-2-11-9-14(7-8-17-11)18(15,16)12-5-3-10(13)4-6-12/h3-6,11H,2,7-9,13H2,1H3. The molecule has 1 fully saturated rings. The molecular formula is C12H18N2O3S. The van der Waals surface area contributed by atoms with Crippen LogP contribution in [0.15, 0.2) is 29.2 Å². The first-order valence-electron chi connectivity index (χ1n) is 6.01. The number of hydrogen-bond donors (Lipinski definition) is 1. The Morgan fingerprint density at radius 3 is 2.67 bits per heavy atom. The number of nitrogen functional groups attached to an aromatic ring is 1. The van der Waals surface area contributed by atoms with Crippen molar-refractivity contribution in [2.45, 2.75) is 24.3 Å². The second kappa shape index (κ2) is 5.26. The number of benzene rings is 1. The second-order valence-corrected chi connectivity index (χ2v) is 6.27. The fourth-order valence-corrected chi connectivity index (χ4v) is 3.40. The van der Waals surface area contributed by atoms with Gasteiger partial charge in [0.1, 0.15) is 0 Å². The van der Waals surface area contributed by atoms with Crippen LogP contribution < -0.4 is 5.73 Å². The molecule has 0 radical (unpaired) electrons. The largest absolute Gasteiger partial charge is 0.399 e. The van der Waals surface area contributed by atoms with Crippen molar-refractivity contribution in [2.75, 3.05) is 25.4 Å². The highest BCUT2D eigenvalue weighted by Crippen LogP contribution is 2.20. The summed E-state index contributed by atoms with van der Waals surface area (Å²) in [5.74, 6) is 0. The maximum absolute atomic E-state index is 12.4. The zero-order valence-electron chi connectivity index (χ0n) is 10.4. The minimum atomic E-state index is -3.42. The number of sulfonamides is 1. The number of rotatable bonds is 3. The molecule has 1 aromatic carbocycles. The van der Waals surface area contributed by atoms with Gasteiger partial charge in [0, 0.05) is 18.8 Å². The average Bonchev–Trinajstić information content (AvgIpc) is 2.39. The molecule has 1 unspecified atom stereocenters. The lowest BCUT2D eigenvalue weighted by Crippen LogP contribution is -2.45. The summed E-state index contributed by atoms with van der Waals surface area (Å²) in [7, 11) is -3.42. The molecule has 0 aromatic heterocycles. The van der Waals surface area contributed by atoms with Crippen LogP contribution in [0.5, 0.6) is 0 Å². The highest BCUT2D eigenvalue weighted by molar-refractivity contribution is 7.89. The molecule has 1 atom stereocenters. The zero-order valence-corrected chi connectivity index (χ0v) is 11.2. The van der Waals surface area contributed by atoms with Crippen LogP contribution >= 0.6 is 0 Å². The molecule has 0 aliphatic carbocycles. The predicted molar refractivity (Wildman–Crippen MR) is 69.6 cm³/mol. The molecule has 0 saturated carbocycles. The molecule has 18 heavy (non-hydrogen) atoms. The molecule has 6 heteroatoms. The minimum absolute atomic E-state index is 0.0118. The number of nitrogens with two attached hydrogens (primary N) is 1. The van der Waals surface area contributed by atoms with Gasteiger partial charge in [-0.15, -0.1) is 0 Å². The van der Waals surface area contributed by atoms with Crippen LogP contribution in [-0.2, 0) is 14.8 Å². The SMILES string of the molecule is CCC1CN(S(=O)(=O)c2ccc(N)cc2)CCO1. The van der Waals surface area contributed by atoms with Crippen LogP contribution in [0.1, 0.15) is 13.3 Å². The Labute approximate surface area is 108 Å². The highest BCUT2D eigenvalue weighted by Gasteiger charge is 2.29. The van der Waals surface area contributed by atoms with Crippen molar-refractivity contribution in [1.29, 1.82) is 0 Å². The van der Waals surface area contributed by atoms with Gasteiger partial charge in [0.15, 0.2) is 0 Å². The van der Waals surface area contributed by atoms with E-state index in [2.05, 4.69) is 0 Å². The number of anilines is 1. The van der Waals surface area contributed by atoms with E-state index in [4.69, 9.17) is 10.5 Å². The van der Waals surface area contributed by atoms with Gasteiger partial charge in [-0.1, -0.05) is 6.92 Å². The summed E-state index contributed by atoms with van der Waals surface area (Å²) < 4.78 is 31.7. The molecular weight excluding hydrogens is 252 g/mol. The molecule has 1 aromatic rings. The summed E-state index contributed by atoms with van der Waals surface area (Å²) in [5, 5.41) is 0. The molecule has 2 N–H and O–H groups in total. The first-order valence-corrected chi connectivity index (χ1v) is 7.45. The Hall–Kier alpha value is -1.11. The van der Waals surface area contributed by atoms with E-state index in [1.807, 2.05) is 6.92 Å². The summed E-state index contributed by atoms with van der Waals surface area (Å²) in [5.41, 5.74) is 6.12. The van der Waals surface area contributed by atoms with Gasteiger partial charge < -0.3 is 10.5 Å². The first-order chi connectivity index (χ1) is 8.54. The van der Waals surface area contributed by atoms with Crippen molar-refractivity contribution >= 4 is 15.7 Å².